The normalized spacial score (nSPS) is 15.4. The zero-order chi connectivity index (χ0) is 36.8. The van der Waals surface area contributed by atoms with Gasteiger partial charge in [-0.15, -0.1) is 23.6 Å². The number of ether oxygens (including phenoxy) is 2. The van der Waals surface area contributed by atoms with E-state index in [1.54, 1.807) is 0 Å². The van der Waals surface area contributed by atoms with Crippen molar-refractivity contribution in [3.8, 4) is 28.4 Å². The molecule has 0 amide bonds. The molecule has 0 saturated heterocycles. The third kappa shape index (κ3) is 7.13. The van der Waals surface area contributed by atoms with Crippen LogP contribution in [0.15, 0.2) is 157 Å². The van der Waals surface area contributed by atoms with E-state index in [0.717, 1.165) is 55.4 Å². The molecule has 0 aliphatic carbocycles. The number of pyridine rings is 1. The van der Waals surface area contributed by atoms with Gasteiger partial charge in [-0.25, -0.2) is 4.98 Å². The van der Waals surface area contributed by atoms with Gasteiger partial charge in [-0.05, 0) is 58.2 Å². The number of aromatic nitrogens is 2. The minimum atomic E-state index is -0.284. The van der Waals surface area contributed by atoms with Gasteiger partial charge >= 0.3 is 21.1 Å². The molecule has 0 saturated carbocycles. The van der Waals surface area contributed by atoms with Crippen LogP contribution in [0.1, 0.15) is 60.7 Å². The number of fused-ring (bicyclic) bond motifs is 3. The number of aliphatic imine (C=N–C) groups is 1. The maximum Gasteiger partial charge on any atom is 2.00 e. The molecule has 8 aromatic rings. The van der Waals surface area contributed by atoms with Gasteiger partial charge in [0.2, 0.25) is 0 Å². The van der Waals surface area contributed by atoms with Crippen LogP contribution in [0.4, 0.5) is 0 Å². The Labute approximate surface area is 336 Å². The Morgan fingerprint density at radius 1 is 0.673 bits per heavy atom. The summed E-state index contributed by atoms with van der Waals surface area (Å²) >= 11 is 0. The van der Waals surface area contributed by atoms with Crippen molar-refractivity contribution in [1.29, 1.82) is 0 Å². The van der Waals surface area contributed by atoms with Crippen LogP contribution in [0.3, 0.4) is 0 Å². The summed E-state index contributed by atoms with van der Waals surface area (Å²) in [5, 5.41) is 2.23. The van der Waals surface area contributed by atoms with Crippen LogP contribution >= 0.6 is 0 Å². The first-order chi connectivity index (χ1) is 26.3. The summed E-state index contributed by atoms with van der Waals surface area (Å²) in [6.07, 6.45) is 1.61. The number of hydrogen-bond donors (Lipinski definition) is 0. The first-order valence-corrected chi connectivity index (χ1v) is 18.4. The van der Waals surface area contributed by atoms with E-state index >= 15 is 0 Å². The van der Waals surface area contributed by atoms with Crippen molar-refractivity contribution in [2.45, 2.75) is 45.3 Å². The van der Waals surface area contributed by atoms with E-state index in [0.29, 0.717) is 17.4 Å². The van der Waals surface area contributed by atoms with Crippen LogP contribution in [0.5, 0.6) is 11.5 Å². The first-order valence-electron chi connectivity index (χ1n) is 18.4. The molecule has 2 aromatic heterocycles. The minimum Gasteiger partial charge on any atom is -0.510 e. The van der Waals surface area contributed by atoms with E-state index in [2.05, 4.69) is 123 Å². The predicted molar refractivity (Wildman–Crippen MR) is 218 cm³/mol. The quantitative estimate of drug-likeness (QED) is 0.150. The number of aryl methyl sites for hydroxylation is 1. The Kier molecular flexibility index (Phi) is 9.75. The Hall–Kier alpha value is -5.77. The summed E-state index contributed by atoms with van der Waals surface area (Å²) in [7, 11) is 0. The van der Waals surface area contributed by atoms with Crippen molar-refractivity contribution in [2.75, 3.05) is 0 Å². The predicted octanol–water partition coefficient (Wildman–Crippen LogP) is 12.1. The number of rotatable bonds is 7. The molecule has 0 N–H and O–H groups in total. The fourth-order valence-corrected chi connectivity index (χ4v) is 7.31. The Morgan fingerprint density at radius 3 is 2.11 bits per heavy atom. The molecule has 1 aliphatic heterocycles. The van der Waals surface area contributed by atoms with Crippen LogP contribution < -0.4 is 4.74 Å². The van der Waals surface area contributed by atoms with Gasteiger partial charge in [-0.1, -0.05) is 158 Å². The zero-order valence-electron chi connectivity index (χ0n) is 31.1. The molecule has 0 fully saturated rings. The van der Waals surface area contributed by atoms with Crippen molar-refractivity contribution < 1.29 is 30.5 Å². The summed E-state index contributed by atoms with van der Waals surface area (Å²) in [5.74, 6) is 2.48. The maximum absolute atomic E-state index is 6.74. The van der Waals surface area contributed by atoms with E-state index in [-0.39, 0.29) is 38.6 Å². The molecule has 0 radical (unpaired) electrons. The van der Waals surface area contributed by atoms with Gasteiger partial charge in [0.15, 0.2) is 0 Å². The fourth-order valence-electron chi connectivity index (χ4n) is 7.31. The monoisotopic (exact) mass is 896 g/mol. The standard InChI is InChI=1S/C49H39N3O2.Pt/c1-32-20-23-43-42(26-32)41-22-21-39(31-44(41)52(43)45-30-38(24-25-50-45)49(2,3)4)53-40-28-36(33-14-8-5-9-15-33)27-37(29-40)48-51-46(34-16-10-6-11-17-34)47(54-48)35-18-12-7-13-19-35;/h5-28,30,46-47H,1-4H3;/q-2;+2/t46-,47-;/m1./s1. The van der Waals surface area contributed by atoms with Crippen LogP contribution in [-0.2, 0) is 31.2 Å². The van der Waals surface area contributed by atoms with Crippen LogP contribution in [0, 0.1) is 19.1 Å². The van der Waals surface area contributed by atoms with Crippen LogP contribution in [0.25, 0.3) is 38.8 Å². The summed E-state index contributed by atoms with van der Waals surface area (Å²) in [4.78, 5) is 10.1. The number of benzene rings is 6. The Balaban J connectivity index is 0.00000427. The van der Waals surface area contributed by atoms with Gasteiger partial charge in [-0.3, -0.25) is 4.99 Å². The molecule has 2 atom stereocenters. The molecule has 9 rings (SSSR count). The van der Waals surface area contributed by atoms with Crippen molar-refractivity contribution >= 4 is 27.7 Å². The molecule has 6 aromatic carbocycles. The SMILES string of the molecule is Cc1ccc2c(c1)c1ccc(Oc3[c-]c(C4=N[C@H](c5ccccc5)[C@@H](c5ccccc5)O4)cc(-c4ccccc4)c3)[c-]c1n2-c1cc(C(C)(C)C)ccn1.[Pt+2]. The van der Waals surface area contributed by atoms with Crippen LogP contribution in [-0.4, -0.2) is 15.4 Å². The van der Waals surface area contributed by atoms with Gasteiger partial charge < -0.3 is 14.0 Å². The van der Waals surface area contributed by atoms with Crippen molar-refractivity contribution in [1.82, 2.24) is 9.55 Å². The molecular formula is C49H39N3O2Pt. The molecule has 0 spiro atoms. The minimum absolute atomic E-state index is 0. The zero-order valence-corrected chi connectivity index (χ0v) is 33.3. The van der Waals surface area contributed by atoms with E-state index in [4.69, 9.17) is 19.5 Å². The van der Waals surface area contributed by atoms with Crippen molar-refractivity contribution in [2.24, 2.45) is 4.99 Å². The first kappa shape index (κ1) is 36.2. The topological polar surface area (TPSA) is 48.6 Å². The second-order valence-electron chi connectivity index (χ2n) is 14.9. The van der Waals surface area contributed by atoms with Crippen molar-refractivity contribution in [3.63, 3.8) is 0 Å². The summed E-state index contributed by atoms with van der Waals surface area (Å²) in [6, 6.07) is 56.9. The maximum atomic E-state index is 6.74. The molecule has 3 heterocycles. The van der Waals surface area contributed by atoms with Gasteiger partial charge in [0.1, 0.15) is 23.9 Å². The van der Waals surface area contributed by atoms with Gasteiger partial charge in [-0.2, -0.15) is 6.07 Å². The molecule has 5 nitrogen and oxygen atoms in total. The van der Waals surface area contributed by atoms with Gasteiger partial charge in [0.25, 0.3) is 0 Å². The molecule has 272 valence electrons. The summed E-state index contributed by atoms with van der Waals surface area (Å²) < 4.78 is 15.6. The second kappa shape index (κ2) is 14.8. The average Bonchev–Trinajstić information content (AvgIpc) is 3.78. The van der Waals surface area contributed by atoms with E-state index in [1.165, 1.54) is 11.1 Å². The van der Waals surface area contributed by atoms with Crippen LogP contribution in [0.2, 0.25) is 0 Å². The Bertz CT molecular complexity index is 2660. The third-order valence-corrected chi connectivity index (χ3v) is 10.1. The average molecular weight is 897 g/mol. The summed E-state index contributed by atoms with van der Waals surface area (Å²) in [5.41, 5.74) is 9.24. The molecule has 0 bridgehead atoms. The summed E-state index contributed by atoms with van der Waals surface area (Å²) in [6.45, 7) is 8.79. The molecule has 55 heavy (non-hydrogen) atoms. The molecule has 6 heteroatoms. The third-order valence-electron chi connectivity index (χ3n) is 10.1. The van der Waals surface area contributed by atoms with Gasteiger partial charge in [0.05, 0.1) is 0 Å². The van der Waals surface area contributed by atoms with E-state index < -0.39 is 0 Å². The number of hydrogen-bond acceptors (Lipinski definition) is 4. The molecular weight excluding hydrogens is 858 g/mol. The van der Waals surface area contributed by atoms with E-state index in [9.17, 15) is 0 Å². The largest absolute Gasteiger partial charge is 2.00 e. The molecule has 0 unspecified atom stereocenters. The fraction of sp³-hybridized carbons (Fsp3) is 0.143. The smallest absolute Gasteiger partial charge is 0.510 e. The van der Waals surface area contributed by atoms with E-state index in [1.807, 2.05) is 72.9 Å². The van der Waals surface area contributed by atoms with Gasteiger partial charge in [0, 0.05) is 23.2 Å². The number of nitrogens with zero attached hydrogens (tertiary/aromatic N) is 3. The van der Waals surface area contributed by atoms with Crippen molar-refractivity contribution in [3.05, 3.63) is 192 Å². The molecule has 1 aliphatic rings. The Morgan fingerprint density at radius 2 is 1.38 bits per heavy atom. The second-order valence-corrected chi connectivity index (χ2v) is 14.9.